The Kier molecular flexibility index (Phi) is 4.56. The molecule has 0 bridgehead atoms. The van der Waals surface area contributed by atoms with Crippen molar-refractivity contribution in [2.24, 2.45) is 0 Å². The third-order valence-corrected chi connectivity index (χ3v) is 4.09. The molecule has 1 fully saturated rings. The van der Waals surface area contributed by atoms with Gasteiger partial charge in [-0.05, 0) is 36.4 Å². The van der Waals surface area contributed by atoms with Crippen LogP contribution in [0.3, 0.4) is 0 Å². The Bertz CT molecular complexity index is 779. The number of phenolic OH excluding ortho intramolecular Hbond substituents is 2. The second kappa shape index (κ2) is 6.80. The highest BCUT2D eigenvalue weighted by atomic mass is 19.1. The molecule has 2 aromatic carbocycles. The Labute approximate surface area is 143 Å². The van der Waals surface area contributed by atoms with Crippen LogP contribution >= 0.6 is 0 Å². The molecule has 25 heavy (non-hydrogen) atoms. The number of phenols is 2. The van der Waals surface area contributed by atoms with E-state index in [1.165, 1.54) is 36.4 Å². The van der Waals surface area contributed by atoms with Crippen molar-refractivity contribution in [3.05, 3.63) is 59.4 Å². The van der Waals surface area contributed by atoms with Crippen molar-refractivity contribution >= 4 is 11.8 Å². The Hall–Kier alpha value is -3.09. The molecule has 0 aromatic heterocycles. The van der Waals surface area contributed by atoms with Gasteiger partial charge >= 0.3 is 0 Å². The van der Waals surface area contributed by atoms with Crippen molar-refractivity contribution in [2.45, 2.75) is 0 Å². The van der Waals surface area contributed by atoms with Crippen molar-refractivity contribution in [1.82, 2.24) is 9.80 Å². The summed E-state index contributed by atoms with van der Waals surface area (Å²) in [6.07, 6.45) is 0. The number of hydrogen-bond acceptors (Lipinski definition) is 4. The van der Waals surface area contributed by atoms with E-state index in [1.807, 2.05) is 0 Å². The molecular formula is C18H17FN2O4. The number of amides is 2. The molecule has 1 heterocycles. The number of rotatable bonds is 2. The summed E-state index contributed by atoms with van der Waals surface area (Å²) in [7, 11) is 0. The number of piperazine rings is 1. The Morgan fingerprint density at radius 3 is 1.68 bits per heavy atom. The predicted molar refractivity (Wildman–Crippen MR) is 88.0 cm³/mol. The van der Waals surface area contributed by atoms with Gasteiger partial charge in [0.25, 0.3) is 11.8 Å². The van der Waals surface area contributed by atoms with Gasteiger partial charge < -0.3 is 20.0 Å². The zero-order valence-electron chi connectivity index (χ0n) is 13.4. The molecule has 3 rings (SSSR count). The van der Waals surface area contributed by atoms with Crippen LogP contribution in [0.2, 0.25) is 0 Å². The molecule has 2 amide bonds. The molecule has 0 atom stereocenters. The van der Waals surface area contributed by atoms with E-state index in [1.54, 1.807) is 9.80 Å². The standard InChI is InChI=1S/C18H17FN2O4/c19-14-3-1-12(2-4-14)17(24)20-5-7-21(8-6-20)18(25)13-9-15(22)11-16(23)10-13/h1-4,9-11,22-23H,5-8H2. The van der Waals surface area contributed by atoms with E-state index in [4.69, 9.17) is 0 Å². The first-order valence-electron chi connectivity index (χ1n) is 7.81. The lowest BCUT2D eigenvalue weighted by molar-refractivity contribution is 0.0535. The minimum atomic E-state index is -0.402. The third kappa shape index (κ3) is 3.71. The number of aromatic hydroxyl groups is 2. The summed E-state index contributed by atoms with van der Waals surface area (Å²) in [5.74, 6) is -1.30. The van der Waals surface area contributed by atoms with Crippen LogP contribution in [0.15, 0.2) is 42.5 Å². The minimum absolute atomic E-state index is 0.187. The first-order valence-corrected chi connectivity index (χ1v) is 7.81. The topological polar surface area (TPSA) is 81.1 Å². The molecule has 6 nitrogen and oxygen atoms in total. The summed E-state index contributed by atoms with van der Waals surface area (Å²) < 4.78 is 12.9. The number of hydrogen-bond donors (Lipinski definition) is 2. The van der Waals surface area contributed by atoms with Crippen LogP contribution in [-0.2, 0) is 0 Å². The summed E-state index contributed by atoms with van der Waals surface area (Å²) in [6, 6.07) is 9.07. The quantitative estimate of drug-likeness (QED) is 0.871. The zero-order valence-corrected chi connectivity index (χ0v) is 13.4. The second-order valence-electron chi connectivity index (χ2n) is 5.83. The lowest BCUT2D eigenvalue weighted by Gasteiger charge is -2.35. The summed E-state index contributed by atoms with van der Waals surface area (Å²) in [4.78, 5) is 28.0. The maximum atomic E-state index is 12.9. The molecule has 1 aliphatic rings. The molecule has 1 saturated heterocycles. The van der Waals surface area contributed by atoms with Crippen LogP contribution in [0.5, 0.6) is 11.5 Å². The van der Waals surface area contributed by atoms with E-state index < -0.39 is 5.82 Å². The van der Waals surface area contributed by atoms with Gasteiger partial charge in [-0.15, -0.1) is 0 Å². The Balaban J connectivity index is 1.64. The van der Waals surface area contributed by atoms with Gasteiger partial charge in [0.1, 0.15) is 17.3 Å². The SMILES string of the molecule is O=C(c1ccc(F)cc1)N1CCN(C(=O)c2cc(O)cc(O)c2)CC1. The van der Waals surface area contributed by atoms with Gasteiger partial charge in [-0.1, -0.05) is 0 Å². The fourth-order valence-corrected chi connectivity index (χ4v) is 2.79. The van der Waals surface area contributed by atoms with Crippen LogP contribution < -0.4 is 0 Å². The molecule has 0 spiro atoms. The highest BCUT2D eigenvalue weighted by Crippen LogP contribution is 2.22. The van der Waals surface area contributed by atoms with E-state index >= 15 is 0 Å². The van der Waals surface area contributed by atoms with Gasteiger partial charge in [0.15, 0.2) is 0 Å². The Morgan fingerprint density at radius 2 is 1.20 bits per heavy atom. The highest BCUT2D eigenvalue weighted by Gasteiger charge is 2.26. The van der Waals surface area contributed by atoms with E-state index in [9.17, 15) is 24.2 Å². The summed E-state index contributed by atoms with van der Waals surface area (Å²) in [5.41, 5.74) is 0.592. The van der Waals surface area contributed by atoms with E-state index in [2.05, 4.69) is 0 Å². The van der Waals surface area contributed by atoms with E-state index in [-0.39, 0.29) is 28.9 Å². The van der Waals surface area contributed by atoms with Crippen LogP contribution in [0.4, 0.5) is 4.39 Å². The summed E-state index contributed by atoms with van der Waals surface area (Å²) >= 11 is 0. The largest absolute Gasteiger partial charge is 0.508 e. The summed E-state index contributed by atoms with van der Waals surface area (Å²) in [5, 5.41) is 19.0. The fraction of sp³-hybridized carbons (Fsp3) is 0.222. The van der Waals surface area contributed by atoms with Crippen LogP contribution in [0.1, 0.15) is 20.7 Å². The molecule has 130 valence electrons. The van der Waals surface area contributed by atoms with E-state index in [0.29, 0.717) is 31.7 Å². The first kappa shape index (κ1) is 16.8. The molecule has 7 heteroatoms. The third-order valence-electron chi connectivity index (χ3n) is 4.09. The highest BCUT2D eigenvalue weighted by molar-refractivity contribution is 5.96. The normalized spacial score (nSPS) is 14.4. The summed E-state index contributed by atoms with van der Waals surface area (Å²) in [6.45, 7) is 1.38. The fourth-order valence-electron chi connectivity index (χ4n) is 2.79. The predicted octanol–water partition coefficient (Wildman–Crippen LogP) is 1.84. The first-order chi connectivity index (χ1) is 11.9. The van der Waals surface area contributed by atoms with Gasteiger partial charge in [0.05, 0.1) is 0 Å². The van der Waals surface area contributed by atoms with E-state index in [0.717, 1.165) is 6.07 Å². The number of nitrogens with zero attached hydrogens (tertiary/aromatic N) is 2. The Morgan fingerprint density at radius 1 is 0.760 bits per heavy atom. The molecular weight excluding hydrogens is 327 g/mol. The maximum absolute atomic E-state index is 12.9. The molecule has 2 aromatic rings. The molecule has 0 saturated carbocycles. The van der Waals surface area contributed by atoms with Gasteiger partial charge in [-0.25, -0.2) is 4.39 Å². The van der Waals surface area contributed by atoms with Crippen molar-refractivity contribution in [1.29, 1.82) is 0 Å². The van der Waals surface area contributed by atoms with Crippen LogP contribution in [0, 0.1) is 5.82 Å². The average molecular weight is 344 g/mol. The monoisotopic (exact) mass is 344 g/mol. The zero-order chi connectivity index (χ0) is 18.0. The van der Waals surface area contributed by atoms with Crippen LogP contribution in [0.25, 0.3) is 0 Å². The molecule has 1 aliphatic heterocycles. The maximum Gasteiger partial charge on any atom is 0.254 e. The minimum Gasteiger partial charge on any atom is -0.508 e. The smallest absolute Gasteiger partial charge is 0.254 e. The van der Waals surface area contributed by atoms with Crippen LogP contribution in [-0.4, -0.2) is 58.0 Å². The second-order valence-corrected chi connectivity index (χ2v) is 5.83. The lowest BCUT2D eigenvalue weighted by Crippen LogP contribution is -2.50. The lowest BCUT2D eigenvalue weighted by atomic mass is 10.1. The molecule has 2 N–H and O–H groups in total. The van der Waals surface area contributed by atoms with Gasteiger partial charge in [-0.3, -0.25) is 9.59 Å². The van der Waals surface area contributed by atoms with Crippen molar-refractivity contribution < 1.29 is 24.2 Å². The van der Waals surface area contributed by atoms with Crippen molar-refractivity contribution in [3.63, 3.8) is 0 Å². The number of carbonyl (C=O) groups excluding carboxylic acids is 2. The molecule has 0 radical (unpaired) electrons. The van der Waals surface area contributed by atoms with Gasteiger partial charge in [0, 0.05) is 43.4 Å². The number of carbonyl (C=O) groups is 2. The van der Waals surface area contributed by atoms with Gasteiger partial charge in [0.2, 0.25) is 0 Å². The average Bonchev–Trinajstić information content (AvgIpc) is 2.60. The number of halogens is 1. The van der Waals surface area contributed by atoms with Gasteiger partial charge in [-0.2, -0.15) is 0 Å². The molecule has 0 unspecified atom stereocenters. The number of benzene rings is 2. The molecule has 0 aliphatic carbocycles. The van der Waals surface area contributed by atoms with Crippen molar-refractivity contribution in [2.75, 3.05) is 26.2 Å². The van der Waals surface area contributed by atoms with Crippen molar-refractivity contribution in [3.8, 4) is 11.5 Å².